The number of carbonyl (C=O) groups excluding carboxylic acids is 2. The van der Waals surface area contributed by atoms with Crippen molar-refractivity contribution in [1.29, 1.82) is 0 Å². The van der Waals surface area contributed by atoms with Crippen LogP contribution in [0.3, 0.4) is 0 Å². The highest BCUT2D eigenvalue weighted by Gasteiger charge is 2.36. The number of ether oxygens (including phenoxy) is 1. The first-order valence-corrected chi connectivity index (χ1v) is 7.52. The highest BCUT2D eigenvalue weighted by atomic mass is 16.5. The third kappa shape index (κ3) is 3.42. The SMILES string of the molecule is NC1(C(=O)Nc2ccc(NC(=O)C3CC3)nc2)CCOCC1. The van der Waals surface area contributed by atoms with Crippen molar-refractivity contribution in [1.82, 2.24) is 4.98 Å². The van der Waals surface area contributed by atoms with Crippen molar-refractivity contribution < 1.29 is 14.3 Å². The first kappa shape index (κ1) is 14.9. The first-order valence-electron chi connectivity index (χ1n) is 7.52. The number of amides is 2. The van der Waals surface area contributed by atoms with Crippen molar-refractivity contribution in [3.63, 3.8) is 0 Å². The Kier molecular flexibility index (Phi) is 4.08. The predicted octanol–water partition coefficient (Wildman–Crippen LogP) is 0.876. The second kappa shape index (κ2) is 6.02. The van der Waals surface area contributed by atoms with E-state index in [1.54, 1.807) is 12.1 Å². The van der Waals surface area contributed by atoms with Crippen LogP contribution in [0.15, 0.2) is 18.3 Å². The second-order valence-electron chi connectivity index (χ2n) is 5.92. The molecule has 0 atom stereocenters. The number of carbonyl (C=O) groups is 2. The molecular formula is C15H20N4O3. The van der Waals surface area contributed by atoms with E-state index in [-0.39, 0.29) is 17.7 Å². The van der Waals surface area contributed by atoms with E-state index in [9.17, 15) is 9.59 Å². The maximum Gasteiger partial charge on any atom is 0.244 e. The lowest BCUT2D eigenvalue weighted by Gasteiger charge is -2.31. The predicted molar refractivity (Wildman–Crippen MR) is 81.2 cm³/mol. The highest BCUT2D eigenvalue weighted by molar-refractivity contribution is 5.98. The molecule has 118 valence electrons. The molecule has 7 nitrogen and oxygen atoms in total. The van der Waals surface area contributed by atoms with Crippen LogP contribution in [0.1, 0.15) is 25.7 Å². The molecule has 2 aliphatic rings. The third-order valence-electron chi connectivity index (χ3n) is 4.06. The average molecular weight is 304 g/mol. The fourth-order valence-corrected chi connectivity index (χ4v) is 2.33. The van der Waals surface area contributed by atoms with E-state index >= 15 is 0 Å². The summed E-state index contributed by atoms with van der Waals surface area (Å²) in [5.74, 6) is 0.398. The second-order valence-corrected chi connectivity index (χ2v) is 5.92. The van der Waals surface area contributed by atoms with Gasteiger partial charge in [-0.05, 0) is 37.8 Å². The first-order chi connectivity index (χ1) is 10.6. The Morgan fingerprint density at radius 2 is 1.95 bits per heavy atom. The molecule has 22 heavy (non-hydrogen) atoms. The standard InChI is InChI=1S/C15H20N4O3/c16-15(5-7-22-8-6-15)14(21)18-11-3-4-12(17-9-11)19-13(20)10-1-2-10/h3-4,9-10H,1-2,5-8,16H2,(H,18,21)(H,17,19,20). The van der Waals surface area contributed by atoms with Gasteiger partial charge < -0.3 is 21.1 Å². The van der Waals surface area contributed by atoms with Gasteiger partial charge in [0, 0.05) is 19.1 Å². The van der Waals surface area contributed by atoms with Gasteiger partial charge >= 0.3 is 0 Å². The smallest absolute Gasteiger partial charge is 0.244 e. The van der Waals surface area contributed by atoms with Crippen LogP contribution < -0.4 is 16.4 Å². The summed E-state index contributed by atoms with van der Waals surface area (Å²) in [4.78, 5) is 28.0. The zero-order valence-corrected chi connectivity index (χ0v) is 12.3. The normalized spacial score (nSPS) is 20.2. The number of nitrogens with one attached hydrogen (secondary N) is 2. The Balaban J connectivity index is 1.58. The van der Waals surface area contributed by atoms with Crippen LogP contribution in [0.2, 0.25) is 0 Å². The molecular weight excluding hydrogens is 284 g/mol. The molecule has 0 radical (unpaired) electrons. The topological polar surface area (TPSA) is 106 Å². The van der Waals surface area contributed by atoms with Crippen molar-refractivity contribution in [2.75, 3.05) is 23.8 Å². The molecule has 1 aromatic rings. The van der Waals surface area contributed by atoms with Gasteiger partial charge in [-0.2, -0.15) is 0 Å². The molecule has 2 amide bonds. The molecule has 1 aliphatic heterocycles. The van der Waals surface area contributed by atoms with Crippen LogP contribution in [-0.4, -0.2) is 35.6 Å². The number of nitrogens with two attached hydrogens (primary N) is 1. The van der Waals surface area contributed by atoms with E-state index in [1.165, 1.54) is 6.20 Å². The van der Waals surface area contributed by atoms with Gasteiger partial charge in [-0.1, -0.05) is 0 Å². The van der Waals surface area contributed by atoms with Gasteiger partial charge in [0.15, 0.2) is 0 Å². The summed E-state index contributed by atoms with van der Waals surface area (Å²) in [6.07, 6.45) is 4.41. The number of rotatable bonds is 4. The quantitative estimate of drug-likeness (QED) is 0.765. The van der Waals surface area contributed by atoms with Crippen LogP contribution in [0, 0.1) is 5.92 Å². The largest absolute Gasteiger partial charge is 0.381 e. The fourth-order valence-electron chi connectivity index (χ4n) is 2.33. The van der Waals surface area contributed by atoms with E-state index in [1.807, 2.05) is 0 Å². The third-order valence-corrected chi connectivity index (χ3v) is 4.06. The molecule has 0 spiro atoms. The molecule has 0 aromatic carbocycles. The summed E-state index contributed by atoms with van der Waals surface area (Å²) < 4.78 is 5.23. The molecule has 2 heterocycles. The molecule has 1 saturated carbocycles. The van der Waals surface area contributed by atoms with Gasteiger partial charge in [-0.3, -0.25) is 9.59 Å². The van der Waals surface area contributed by atoms with Gasteiger partial charge in [0.25, 0.3) is 0 Å². The molecule has 1 saturated heterocycles. The number of hydrogen-bond donors (Lipinski definition) is 3. The van der Waals surface area contributed by atoms with Gasteiger partial charge in [-0.15, -0.1) is 0 Å². The maximum atomic E-state index is 12.3. The number of hydrogen-bond acceptors (Lipinski definition) is 5. The van der Waals surface area contributed by atoms with Crippen molar-refractivity contribution in [2.45, 2.75) is 31.2 Å². The average Bonchev–Trinajstić information content (AvgIpc) is 3.35. The minimum absolute atomic E-state index is 0.00685. The van der Waals surface area contributed by atoms with Crippen LogP contribution in [0.5, 0.6) is 0 Å². The molecule has 7 heteroatoms. The lowest BCUT2D eigenvalue weighted by atomic mass is 9.90. The van der Waals surface area contributed by atoms with Crippen LogP contribution >= 0.6 is 0 Å². The maximum absolute atomic E-state index is 12.3. The molecule has 1 aromatic heterocycles. The van der Waals surface area contributed by atoms with Gasteiger partial charge in [0.05, 0.1) is 11.9 Å². The Morgan fingerprint density at radius 3 is 2.55 bits per heavy atom. The lowest BCUT2D eigenvalue weighted by molar-refractivity contribution is -0.124. The number of pyridine rings is 1. The number of anilines is 2. The monoisotopic (exact) mass is 304 g/mol. The van der Waals surface area contributed by atoms with Gasteiger partial charge in [0.1, 0.15) is 11.4 Å². The van der Waals surface area contributed by atoms with E-state index < -0.39 is 5.54 Å². The van der Waals surface area contributed by atoms with E-state index in [2.05, 4.69) is 15.6 Å². The van der Waals surface area contributed by atoms with E-state index in [0.29, 0.717) is 37.6 Å². The lowest BCUT2D eigenvalue weighted by Crippen LogP contribution is -2.54. The number of aromatic nitrogens is 1. The van der Waals surface area contributed by atoms with E-state index in [4.69, 9.17) is 10.5 Å². The Hall–Kier alpha value is -1.99. The minimum Gasteiger partial charge on any atom is -0.381 e. The fraction of sp³-hybridized carbons (Fsp3) is 0.533. The molecule has 4 N–H and O–H groups in total. The van der Waals surface area contributed by atoms with Crippen LogP contribution in [-0.2, 0) is 14.3 Å². The molecule has 0 unspecified atom stereocenters. The van der Waals surface area contributed by atoms with Crippen LogP contribution in [0.4, 0.5) is 11.5 Å². The molecule has 3 rings (SSSR count). The zero-order valence-electron chi connectivity index (χ0n) is 12.3. The summed E-state index contributed by atoms with van der Waals surface area (Å²) in [5, 5.41) is 5.52. The van der Waals surface area contributed by atoms with Crippen molar-refractivity contribution in [3.05, 3.63) is 18.3 Å². The van der Waals surface area contributed by atoms with Gasteiger partial charge in [0.2, 0.25) is 11.8 Å². The summed E-state index contributed by atoms with van der Waals surface area (Å²) in [6.45, 7) is 0.989. The van der Waals surface area contributed by atoms with Crippen LogP contribution in [0.25, 0.3) is 0 Å². The summed E-state index contributed by atoms with van der Waals surface area (Å²) in [5.41, 5.74) is 5.79. The molecule has 0 bridgehead atoms. The summed E-state index contributed by atoms with van der Waals surface area (Å²) in [6, 6.07) is 3.37. The Labute approximate surface area is 128 Å². The summed E-state index contributed by atoms with van der Waals surface area (Å²) >= 11 is 0. The van der Waals surface area contributed by atoms with Crippen molar-refractivity contribution in [2.24, 2.45) is 11.7 Å². The Morgan fingerprint density at radius 1 is 1.23 bits per heavy atom. The van der Waals surface area contributed by atoms with Crippen molar-refractivity contribution >= 4 is 23.3 Å². The Bertz CT molecular complexity index is 563. The summed E-state index contributed by atoms with van der Waals surface area (Å²) in [7, 11) is 0. The zero-order chi connectivity index (χ0) is 15.6. The molecule has 1 aliphatic carbocycles. The van der Waals surface area contributed by atoms with E-state index in [0.717, 1.165) is 12.8 Å². The highest BCUT2D eigenvalue weighted by Crippen LogP contribution is 2.30. The van der Waals surface area contributed by atoms with Gasteiger partial charge in [-0.25, -0.2) is 4.98 Å². The van der Waals surface area contributed by atoms with Crippen molar-refractivity contribution in [3.8, 4) is 0 Å². The number of nitrogens with zero attached hydrogens (tertiary/aromatic N) is 1. The minimum atomic E-state index is -0.892. The molecule has 2 fully saturated rings.